The first-order chi connectivity index (χ1) is 12.9. The van der Waals surface area contributed by atoms with Crippen LogP contribution < -0.4 is 4.72 Å². The zero-order valence-corrected chi connectivity index (χ0v) is 16.4. The third-order valence-electron chi connectivity index (χ3n) is 4.96. The zero-order valence-electron chi connectivity index (χ0n) is 15.6. The molecule has 0 bridgehead atoms. The Morgan fingerprint density at radius 2 is 1.85 bits per heavy atom. The molecule has 0 unspecified atom stereocenters. The molecule has 0 atom stereocenters. The zero-order chi connectivity index (χ0) is 19.3. The summed E-state index contributed by atoms with van der Waals surface area (Å²) in [5, 5.41) is 1.95. The Balaban J connectivity index is 1.45. The highest BCUT2D eigenvalue weighted by Crippen LogP contribution is 2.21. The van der Waals surface area contributed by atoms with E-state index in [-0.39, 0.29) is 5.97 Å². The highest BCUT2D eigenvalue weighted by Gasteiger charge is 2.21. The fourth-order valence-corrected chi connectivity index (χ4v) is 3.90. The Labute approximate surface area is 160 Å². The Morgan fingerprint density at radius 1 is 1.15 bits per heavy atom. The van der Waals surface area contributed by atoms with E-state index in [1.54, 1.807) is 0 Å². The van der Waals surface area contributed by atoms with Gasteiger partial charge < -0.3 is 9.64 Å². The molecule has 1 fully saturated rings. The number of hydrogen-bond acceptors (Lipinski definition) is 5. The second-order valence-electron chi connectivity index (χ2n) is 7.08. The lowest BCUT2D eigenvalue weighted by Crippen LogP contribution is -2.40. The molecule has 0 saturated carbocycles. The fraction of sp³-hybridized carbons (Fsp3) is 0.450. The van der Waals surface area contributed by atoms with Crippen molar-refractivity contribution >= 4 is 26.8 Å². The van der Waals surface area contributed by atoms with Crippen LogP contribution in [0, 0.1) is 5.92 Å². The monoisotopic (exact) mass is 390 g/mol. The average molecular weight is 391 g/mol. The van der Waals surface area contributed by atoms with E-state index in [0.717, 1.165) is 36.7 Å². The summed E-state index contributed by atoms with van der Waals surface area (Å²) in [6, 6.07) is 13.5. The molecule has 0 aliphatic carbocycles. The van der Waals surface area contributed by atoms with Gasteiger partial charge >= 0.3 is 5.97 Å². The molecule has 27 heavy (non-hydrogen) atoms. The Hall–Kier alpha value is -1.96. The minimum Gasteiger partial charge on any atom is -0.462 e. The lowest BCUT2D eigenvalue weighted by molar-refractivity contribution is 0.0376. The predicted octanol–water partition coefficient (Wildman–Crippen LogP) is 2.26. The van der Waals surface area contributed by atoms with Crippen molar-refractivity contribution in [2.24, 2.45) is 5.92 Å². The number of benzene rings is 2. The van der Waals surface area contributed by atoms with E-state index in [1.165, 1.54) is 6.26 Å². The molecule has 0 aromatic heterocycles. The van der Waals surface area contributed by atoms with Crippen molar-refractivity contribution in [1.29, 1.82) is 0 Å². The molecule has 3 rings (SSSR count). The third-order valence-corrected chi connectivity index (χ3v) is 5.69. The van der Waals surface area contributed by atoms with E-state index in [4.69, 9.17) is 4.74 Å². The molecule has 2 aromatic rings. The van der Waals surface area contributed by atoms with Gasteiger partial charge in [-0.05, 0) is 48.7 Å². The molecule has 0 amide bonds. The predicted molar refractivity (Wildman–Crippen MR) is 106 cm³/mol. The van der Waals surface area contributed by atoms with Crippen LogP contribution in [0.1, 0.15) is 23.2 Å². The smallest absolute Gasteiger partial charge is 0.338 e. The maximum atomic E-state index is 12.5. The first-order valence-corrected chi connectivity index (χ1v) is 11.1. The van der Waals surface area contributed by atoms with Crippen LogP contribution in [0.3, 0.4) is 0 Å². The van der Waals surface area contributed by atoms with Crippen molar-refractivity contribution in [3.8, 4) is 0 Å². The van der Waals surface area contributed by atoms with E-state index < -0.39 is 10.0 Å². The van der Waals surface area contributed by atoms with Crippen molar-refractivity contribution in [3.05, 3.63) is 48.0 Å². The number of hydrogen-bond donors (Lipinski definition) is 1. The van der Waals surface area contributed by atoms with Crippen molar-refractivity contribution in [1.82, 2.24) is 9.62 Å². The van der Waals surface area contributed by atoms with Gasteiger partial charge in [0.1, 0.15) is 0 Å². The fourth-order valence-electron chi connectivity index (χ4n) is 3.44. The molecule has 7 heteroatoms. The van der Waals surface area contributed by atoms with Gasteiger partial charge in [0, 0.05) is 13.1 Å². The molecule has 1 N–H and O–H groups in total. The van der Waals surface area contributed by atoms with Gasteiger partial charge in [-0.1, -0.05) is 36.4 Å². The summed E-state index contributed by atoms with van der Waals surface area (Å²) in [7, 11) is -3.13. The van der Waals surface area contributed by atoms with Crippen molar-refractivity contribution in [3.63, 3.8) is 0 Å². The van der Waals surface area contributed by atoms with Crippen molar-refractivity contribution in [2.75, 3.05) is 39.0 Å². The summed E-state index contributed by atoms with van der Waals surface area (Å²) < 4.78 is 30.3. The quantitative estimate of drug-likeness (QED) is 0.734. The summed E-state index contributed by atoms with van der Waals surface area (Å²) in [6.45, 7) is 3.34. The molecule has 1 aliphatic heterocycles. The molecule has 6 nitrogen and oxygen atoms in total. The number of nitrogens with zero attached hydrogens (tertiary/aromatic N) is 1. The summed E-state index contributed by atoms with van der Waals surface area (Å²) >= 11 is 0. The Bertz CT molecular complexity index is 884. The van der Waals surface area contributed by atoms with Crippen LogP contribution in [0.25, 0.3) is 10.8 Å². The van der Waals surface area contributed by atoms with E-state index in [0.29, 0.717) is 31.2 Å². The second kappa shape index (κ2) is 8.82. The summed E-state index contributed by atoms with van der Waals surface area (Å²) in [5.74, 6) is 0.0784. The average Bonchev–Trinajstić information content (AvgIpc) is 2.65. The molecular weight excluding hydrogens is 364 g/mol. The van der Waals surface area contributed by atoms with Gasteiger partial charge in [-0.3, -0.25) is 0 Å². The molecule has 1 heterocycles. The first-order valence-electron chi connectivity index (χ1n) is 9.24. The Morgan fingerprint density at radius 3 is 2.59 bits per heavy atom. The number of sulfonamides is 1. The highest BCUT2D eigenvalue weighted by molar-refractivity contribution is 7.88. The summed E-state index contributed by atoms with van der Waals surface area (Å²) in [6.07, 6.45) is 3.06. The van der Waals surface area contributed by atoms with Gasteiger partial charge in [0.15, 0.2) is 0 Å². The molecule has 2 aromatic carbocycles. The van der Waals surface area contributed by atoms with Gasteiger partial charge in [-0.15, -0.1) is 0 Å². The third kappa shape index (κ3) is 5.76. The normalized spacial score (nSPS) is 16.5. The number of fused-ring (bicyclic) bond motifs is 1. The SMILES string of the molecule is CS(=O)(=O)NCCN1CCC(COC(=O)c2cccc3ccccc23)CC1. The Kier molecular flexibility index (Phi) is 6.46. The number of nitrogens with one attached hydrogen (secondary N) is 1. The summed E-state index contributed by atoms with van der Waals surface area (Å²) in [5.41, 5.74) is 0.609. The number of ether oxygens (including phenoxy) is 1. The topological polar surface area (TPSA) is 75.7 Å². The van der Waals surface area contributed by atoms with Gasteiger partial charge in [0.05, 0.1) is 18.4 Å². The first kappa shape index (κ1) is 19.8. The lowest BCUT2D eigenvalue weighted by Gasteiger charge is -2.31. The van der Waals surface area contributed by atoms with Crippen molar-refractivity contribution in [2.45, 2.75) is 12.8 Å². The molecule has 0 spiro atoms. The lowest BCUT2D eigenvalue weighted by atomic mass is 9.98. The summed E-state index contributed by atoms with van der Waals surface area (Å²) in [4.78, 5) is 14.7. The van der Waals surface area contributed by atoms with Crippen LogP contribution in [-0.4, -0.2) is 58.3 Å². The van der Waals surface area contributed by atoms with Crippen LogP contribution >= 0.6 is 0 Å². The van der Waals surface area contributed by atoms with Crippen LogP contribution in [0.2, 0.25) is 0 Å². The number of piperidine rings is 1. The van der Waals surface area contributed by atoms with Crippen LogP contribution in [0.15, 0.2) is 42.5 Å². The highest BCUT2D eigenvalue weighted by atomic mass is 32.2. The van der Waals surface area contributed by atoms with Gasteiger partial charge in [-0.25, -0.2) is 17.9 Å². The number of carbonyl (C=O) groups is 1. The molecule has 146 valence electrons. The largest absolute Gasteiger partial charge is 0.462 e. The molecular formula is C20H26N2O4S. The van der Waals surface area contributed by atoms with Gasteiger partial charge in [0.25, 0.3) is 0 Å². The second-order valence-corrected chi connectivity index (χ2v) is 8.91. The van der Waals surface area contributed by atoms with Gasteiger partial charge in [-0.2, -0.15) is 0 Å². The minimum atomic E-state index is -3.13. The van der Waals surface area contributed by atoms with Crippen molar-refractivity contribution < 1.29 is 17.9 Å². The minimum absolute atomic E-state index is 0.272. The van der Waals surface area contributed by atoms with Crippen LogP contribution in [-0.2, 0) is 14.8 Å². The molecule has 0 radical (unpaired) electrons. The van der Waals surface area contributed by atoms with E-state index in [2.05, 4.69) is 9.62 Å². The van der Waals surface area contributed by atoms with Crippen LogP contribution in [0.5, 0.6) is 0 Å². The van der Waals surface area contributed by atoms with Crippen LogP contribution in [0.4, 0.5) is 0 Å². The maximum Gasteiger partial charge on any atom is 0.338 e. The number of rotatable bonds is 7. The molecule has 1 saturated heterocycles. The maximum absolute atomic E-state index is 12.5. The van der Waals surface area contributed by atoms with E-state index in [1.807, 2.05) is 42.5 Å². The van der Waals surface area contributed by atoms with Gasteiger partial charge in [0.2, 0.25) is 10.0 Å². The van der Waals surface area contributed by atoms with E-state index in [9.17, 15) is 13.2 Å². The number of esters is 1. The number of carbonyl (C=O) groups excluding carboxylic acids is 1. The standard InChI is InChI=1S/C20H26N2O4S/c1-27(24,25)21-11-14-22-12-9-16(10-13-22)15-26-20(23)19-8-4-6-17-5-2-3-7-18(17)19/h2-8,16,21H,9-15H2,1H3. The van der Waals surface area contributed by atoms with E-state index >= 15 is 0 Å². The number of likely N-dealkylation sites (tertiary alicyclic amines) is 1. The molecule has 1 aliphatic rings.